The van der Waals surface area contributed by atoms with Crippen molar-refractivity contribution in [1.82, 2.24) is 10.2 Å². The first-order valence-corrected chi connectivity index (χ1v) is 7.69. The summed E-state index contributed by atoms with van der Waals surface area (Å²) in [4.78, 5) is 2.19. The Kier molecular flexibility index (Phi) is 7.78. The number of hydrogen-bond acceptors (Lipinski definition) is 2. The molecule has 0 saturated heterocycles. The molecule has 0 unspecified atom stereocenters. The number of nitrogens with zero attached hydrogens (tertiary/aromatic N) is 1. The van der Waals surface area contributed by atoms with Gasteiger partial charge in [0, 0.05) is 18.7 Å². The van der Waals surface area contributed by atoms with Gasteiger partial charge < -0.3 is 10.2 Å². The summed E-state index contributed by atoms with van der Waals surface area (Å²) in [6, 6.07) is 5.46. The Hall–Kier alpha value is -0.930. The highest BCUT2D eigenvalue weighted by Crippen LogP contribution is 2.13. The molecule has 1 N–H and O–H groups in total. The Morgan fingerprint density at radius 1 is 1.30 bits per heavy atom. The Morgan fingerprint density at radius 3 is 2.70 bits per heavy atom. The summed E-state index contributed by atoms with van der Waals surface area (Å²) in [6.45, 7) is 10.1. The first kappa shape index (κ1) is 17.1. The number of nitrogens with one attached hydrogen (secondary N) is 1. The van der Waals surface area contributed by atoms with Gasteiger partial charge in [0.1, 0.15) is 5.82 Å². The van der Waals surface area contributed by atoms with E-state index in [1.165, 1.54) is 6.42 Å². The lowest BCUT2D eigenvalue weighted by atomic mass is 10.1. The second kappa shape index (κ2) is 9.09. The first-order chi connectivity index (χ1) is 9.52. The Labute approximate surface area is 123 Å². The van der Waals surface area contributed by atoms with Crippen LogP contribution in [-0.2, 0) is 13.1 Å². The summed E-state index contributed by atoms with van der Waals surface area (Å²) in [5.74, 6) is 0.538. The molecule has 0 fully saturated rings. The fraction of sp³-hybridized carbons (Fsp3) is 0.647. The zero-order valence-corrected chi connectivity index (χ0v) is 13.4. The van der Waals surface area contributed by atoms with Crippen molar-refractivity contribution < 1.29 is 4.39 Å². The van der Waals surface area contributed by atoms with Crippen LogP contribution in [0.15, 0.2) is 18.2 Å². The number of halogens is 1. The minimum absolute atomic E-state index is 0.0963. The van der Waals surface area contributed by atoms with Crippen LogP contribution in [-0.4, -0.2) is 25.0 Å². The van der Waals surface area contributed by atoms with Crippen LogP contribution < -0.4 is 5.32 Å². The molecule has 3 heteroatoms. The molecule has 0 aliphatic rings. The lowest BCUT2D eigenvalue weighted by Crippen LogP contribution is -2.21. The Bertz CT molecular complexity index is 391. The van der Waals surface area contributed by atoms with Crippen molar-refractivity contribution in [1.29, 1.82) is 0 Å². The van der Waals surface area contributed by atoms with E-state index in [9.17, 15) is 4.39 Å². The number of benzene rings is 1. The summed E-state index contributed by atoms with van der Waals surface area (Å²) >= 11 is 0. The highest BCUT2D eigenvalue weighted by atomic mass is 19.1. The third-order valence-corrected chi connectivity index (χ3v) is 3.33. The SMILES string of the molecule is CCCCN(C)Cc1cc(CNCC(C)C)ccc1F. The van der Waals surface area contributed by atoms with E-state index in [0.29, 0.717) is 12.5 Å². The van der Waals surface area contributed by atoms with E-state index in [1.54, 1.807) is 6.07 Å². The normalized spacial score (nSPS) is 11.6. The predicted molar refractivity (Wildman–Crippen MR) is 84.2 cm³/mol. The lowest BCUT2D eigenvalue weighted by molar-refractivity contribution is 0.315. The molecule has 1 rings (SSSR count). The molecule has 0 atom stereocenters. The van der Waals surface area contributed by atoms with E-state index in [-0.39, 0.29) is 5.82 Å². The third-order valence-electron chi connectivity index (χ3n) is 3.33. The van der Waals surface area contributed by atoms with E-state index < -0.39 is 0 Å². The topological polar surface area (TPSA) is 15.3 Å². The van der Waals surface area contributed by atoms with Crippen LogP contribution >= 0.6 is 0 Å². The van der Waals surface area contributed by atoms with E-state index in [0.717, 1.165) is 37.2 Å². The van der Waals surface area contributed by atoms with Crippen molar-refractivity contribution >= 4 is 0 Å². The maximum atomic E-state index is 13.9. The molecule has 0 heterocycles. The molecule has 20 heavy (non-hydrogen) atoms. The van der Waals surface area contributed by atoms with Gasteiger partial charge >= 0.3 is 0 Å². The second-order valence-corrected chi connectivity index (χ2v) is 6.04. The van der Waals surface area contributed by atoms with Gasteiger partial charge in [-0.05, 0) is 44.1 Å². The van der Waals surface area contributed by atoms with Crippen LogP contribution in [0.5, 0.6) is 0 Å². The molecule has 0 aromatic heterocycles. The molecule has 0 saturated carbocycles. The molecular weight excluding hydrogens is 251 g/mol. The number of rotatable bonds is 9. The van der Waals surface area contributed by atoms with Crippen molar-refractivity contribution in [2.75, 3.05) is 20.1 Å². The minimum atomic E-state index is -0.0963. The van der Waals surface area contributed by atoms with Gasteiger partial charge in [0.2, 0.25) is 0 Å². The van der Waals surface area contributed by atoms with E-state index >= 15 is 0 Å². The zero-order valence-electron chi connectivity index (χ0n) is 13.4. The minimum Gasteiger partial charge on any atom is -0.312 e. The van der Waals surface area contributed by atoms with Crippen molar-refractivity contribution in [3.05, 3.63) is 35.1 Å². The molecule has 2 nitrogen and oxygen atoms in total. The van der Waals surface area contributed by atoms with Crippen molar-refractivity contribution in [2.45, 2.75) is 46.7 Å². The largest absolute Gasteiger partial charge is 0.312 e. The molecule has 0 amide bonds. The van der Waals surface area contributed by atoms with Crippen LogP contribution in [0.4, 0.5) is 4.39 Å². The molecule has 1 aromatic rings. The summed E-state index contributed by atoms with van der Waals surface area (Å²) in [6.07, 6.45) is 2.33. The predicted octanol–water partition coefficient (Wildman–Crippen LogP) is 3.80. The summed E-state index contributed by atoms with van der Waals surface area (Å²) in [5.41, 5.74) is 1.96. The second-order valence-electron chi connectivity index (χ2n) is 6.04. The molecule has 0 radical (unpaired) electrons. The summed E-state index contributed by atoms with van der Waals surface area (Å²) in [5, 5.41) is 3.40. The highest BCUT2D eigenvalue weighted by Gasteiger charge is 2.07. The van der Waals surface area contributed by atoms with Crippen molar-refractivity contribution in [3.63, 3.8) is 0 Å². The molecule has 0 aliphatic heterocycles. The van der Waals surface area contributed by atoms with E-state index in [4.69, 9.17) is 0 Å². The monoisotopic (exact) mass is 280 g/mol. The molecular formula is C17H29FN2. The first-order valence-electron chi connectivity index (χ1n) is 7.69. The average Bonchev–Trinajstić information content (AvgIpc) is 2.39. The quantitative estimate of drug-likeness (QED) is 0.740. The molecule has 0 bridgehead atoms. The number of unbranched alkanes of at least 4 members (excludes halogenated alkanes) is 1. The van der Waals surface area contributed by atoms with Gasteiger partial charge in [0.25, 0.3) is 0 Å². The highest BCUT2D eigenvalue weighted by molar-refractivity contribution is 5.25. The van der Waals surface area contributed by atoms with Gasteiger partial charge in [-0.25, -0.2) is 4.39 Å². The summed E-state index contributed by atoms with van der Waals surface area (Å²) in [7, 11) is 2.05. The third kappa shape index (κ3) is 6.49. The average molecular weight is 280 g/mol. The van der Waals surface area contributed by atoms with Gasteiger partial charge in [-0.15, -0.1) is 0 Å². The van der Waals surface area contributed by atoms with Gasteiger partial charge in [-0.3, -0.25) is 0 Å². The van der Waals surface area contributed by atoms with Gasteiger partial charge in [0.05, 0.1) is 0 Å². The lowest BCUT2D eigenvalue weighted by Gasteiger charge is -2.17. The van der Waals surface area contributed by atoms with Crippen LogP contribution in [0.1, 0.15) is 44.7 Å². The van der Waals surface area contributed by atoms with Crippen molar-refractivity contribution in [2.24, 2.45) is 5.92 Å². The van der Waals surface area contributed by atoms with Gasteiger partial charge in [0.15, 0.2) is 0 Å². The van der Waals surface area contributed by atoms with Crippen molar-refractivity contribution in [3.8, 4) is 0 Å². The smallest absolute Gasteiger partial charge is 0.127 e. The van der Waals surface area contributed by atoms with E-state index in [2.05, 4.69) is 38.0 Å². The molecule has 0 spiro atoms. The zero-order chi connectivity index (χ0) is 15.0. The number of hydrogen-bond donors (Lipinski definition) is 1. The molecule has 114 valence electrons. The summed E-state index contributed by atoms with van der Waals surface area (Å²) < 4.78 is 13.9. The van der Waals surface area contributed by atoms with Crippen LogP contribution in [0.25, 0.3) is 0 Å². The molecule has 1 aromatic carbocycles. The standard InChI is InChI=1S/C17H29FN2/c1-5-6-9-20(4)13-16-10-15(7-8-17(16)18)12-19-11-14(2)3/h7-8,10,14,19H,5-6,9,11-13H2,1-4H3. The van der Waals surface area contributed by atoms with Gasteiger partial charge in [-0.2, -0.15) is 0 Å². The molecule has 0 aliphatic carbocycles. The van der Waals surface area contributed by atoms with Crippen LogP contribution in [0.3, 0.4) is 0 Å². The Balaban J connectivity index is 2.57. The van der Waals surface area contributed by atoms with Crippen LogP contribution in [0, 0.1) is 11.7 Å². The van der Waals surface area contributed by atoms with Gasteiger partial charge in [-0.1, -0.05) is 39.3 Å². The fourth-order valence-electron chi connectivity index (χ4n) is 2.16. The Morgan fingerprint density at radius 2 is 2.05 bits per heavy atom. The maximum absolute atomic E-state index is 13.9. The fourth-order valence-corrected chi connectivity index (χ4v) is 2.16. The van der Waals surface area contributed by atoms with Crippen LogP contribution in [0.2, 0.25) is 0 Å². The maximum Gasteiger partial charge on any atom is 0.127 e. The van der Waals surface area contributed by atoms with E-state index in [1.807, 2.05) is 12.1 Å².